The number of urea groups is 1. The van der Waals surface area contributed by atoms with Gasteiger partial charge >= 0.3 is 6.03 Å². The number of aromatic amines is 2. The number of nitrogens with one attached hydrogen (secondary N) is 5. The van der Waals surface area contributed by atoms with Gasteiger partial charge in [-0.3, -0.25) is 15.2 Å². The lowest BCUT2D eigenvalue weighted by atomic mass is 10.1. The van der Waals surface area contributed by atoms with Crippen LogP contribution in [-0.4, -0.2) is 40.5 Å². The highest BCUT2D eigenvalue weighted by atomic mass is 16.2. The van der Waals surface area contributed by atoms with Crippen LogP contribution in [0.2, 0.25) is 0 Å². The summed E-state index contributed by atoms with van der Waals surface area (Å²) in [5.41, 5.74) is 9.05. The van der Waals surface area contributed by atoms with E-state index in [9.17, 15) is 9.59 Å². The van der Waals surface area contributed by atoms with Crippen molar-refractivity contribution in [3.05, 3.63) is 96.3 Å². The van der Waals surface area contributed by atoms with E-state index in [1.54, 1.807) is 12.1 Å². The largest absolute Gasteiger partial charge is 0.361 e. The SMILES string of the molecule is O=CN(CCc1c[nH]c2ccccc12)Nc1ccc(NC(=O)NCCc2c[nH]c3ccccc23)cc1. The molecule has 0 fully saturated rings. The Balaban J connectivity index is 1.08. The average Bonchev–Trinajstić information content (AvgIpc) is 3.52. The van der Waals surface area contributed by atoms with Gasteiger partial charge in [-0.25, -0.2) is 4.79 Å². The van der Waals surface area contributed by atoms with Gasteiger partial charge in [-0.15, -0.1) is 0 Å². The van der Waals surface area contributed by atoms with Crippen LogP contribution in [0.5, 0.6) is 0 Å². The summed E-state index contributed by atoms with van der Waals surface area (Å²) in [4.78, 5) is 30.4. The summed E-state index contributed by atoms with van der Waals surface area (Å²) in [6.07, 6.45) is 6.20. The third-order valence-electron chi connectivity index (χ3n) is 6.19. The molecule has 0 atom stereocenters. The number of aromatic nitrogens is 2. The van der Waals surface area contributed by atoms with Crippen molar-refractivity contribution in [2.24, 2.45) is 0 Å². The highest BCUT2D eigenvalue weighted by Crippen LogP contribution is 2.20. The molecule has 0 bridgehead atoms. The lowest BCUT2D eigenvalue weighted by Gasteiger charge is -2.19. The number of rotatable bonds is 10. The second-order valence-electron chi connectivity index (χ2n) is 8.59. The minimum absolute atomic E-state index is 0.260. The second-order valence-corrected chi connectivity index (χ2v) is 8.59. The van der Waals surface area contributed by atoms with Crippen LogP contribution in [0.25, 0.3) is 21.8 Å². The van der Waals surface area contributed by atoms with Gasteiger partial charge in [-0.2, -0.15) is 0 Å². The van der Waals surface area contributed by atoms with Crippen molar-refractivity contribution in [3.63, 3.8) is 0 Å². The summed E-state index contributed by atoms with van der Waals surface area (Å²) < 4.78 is 0. The van der Waals surface area contributed by atoms with E-state index in [4.69, 9.17) is 0 Å². The summed E-state index contributed by atoms with van der Waals surface area (Å²) in [7, 11) is 0. The highest BCUT2D eigenvalue weighted by Gasteiger charge is 2.08. The fourth-order valence-electron chi connectivity index (χ4n) is 4.33. The van der Waals surface area contributed by atoms with Crippen molar-refractivity contribution in [3.8, 4) is 0 Å². The van der Waals surface area contributed by atoms with Gasteiger partial charge in [0, 0.05) is 53.0 Å². The maximum atomic E-state index is 12.3. The molecule has 8 nitrogen and oxygen atoms in total. The monoisotopic (exact) mass is 480 g/mol. The minimum atomic E-state index is -0.260. The number of nitrogens with zero attached hydrogens (tertiary/aromatic N) is 1. The summed E-state index contributed by atoms with van der Waals surface area (Å²) in [5.74, 6) is 0. The summed E-state index contributed by atoms with van der Waals surface area (Å²) >= 11 is 0. The molecule has 5 aromatic rings. The Hall–Kier alpha value is -4.72. The molecule has 182 valence electrons. The van der Waals surface area contributed by atoms with E-state index < -0.39 is 0 Å². The second kappa shape index (κ2) is 10.7. The van der Waals surface area contributed by atoms with Gasteiger partial charge in [-0.1, -0.05) is 36.4 Å². The molecule has 3 amide bonds. The number of carbonyl (C=O) groups excluding carboxylic acids is 2. The van der Waals surface area contributed by atoms with Crippen LogP contribution in [0.15, 0.2) is 85.2 Å². The summed E-state index contributed by atoms with van der Waals surface area (Å²) in [6.45, 7) is 1.04. The number of hydrogen-bond donors (Lipinski definition) is 5. The number of H-pyrrole nitrogens is 2. The van der Waals surface area contributed by atoms with E-state index in [2.05, 4.69) is 38.2 Å². The molecule has 0 spiro atoms. The normalized spacial score (nSPS) is 10.9. The zero-order valence-electron chi connectivity index (χ0n) is 19.8. The van der Waals surface area contributed by atoms with Gasteiger partial charge in [0.05, 0.1) is 5.69 Å². The number of anilines is 2. The van der Waals surface area contributed by atoms with E-state index in [-0.39, 0.29) is 6.03 Å². The standard InChI is InChI=1S/C28H28N6O2/c35-19-34(16-14-21-18-31-27-8-4-2-6-25(21)27)33-23-11-9-22(10-12-23)32-28(36)29-15-13-20-17-30-26-7-3-1-5-24(20)26/h1-12,17-19,30-31,33H,13-16H2,(H2,29,32,36). The molecule has 0 saturated heterocycles. The summed E-state index contributed by atoms with van der Waals surface area (Å²) in [5, 5.41) is 9.59. The van der Waals surface area contributed by atoms with E-state index in [0.717, 1.165) is 35.1 Å². The Bertz CT molecular complexity index is 1470. The van der Waals surface area contributed by atoms with Gasteiger partial charge in [-0.05, 0) is 60.4 Å². The smallest absolute Gasteiger partial charge is 0.319 e. The van der Waals surface area contributed by atoms with E-state index >= 15 is 0 Å². The highest BCUT2D eigenvalue weighted by molar-refractivity contribution is 5.89. The number of hydrazine groups is 1. The van der Waals surface area contributed by atoms with E-state index in [1.807, 2.05) is 60.9 Å². The maximum Gasteiger partial charge on any atom is 0.319 e. The predicted octanol–water partition coefficient (Wildman–Crippen LogP) is 5.04. The van der Waals surface area contributed by atoms with Crippen LogP contribution in [0.1, 0.15) is 11.1 Å². The molecule has 5 rings (SSSR count). The third kappa shape index (κ3) is 5.33. The van der Waals surface area contributed by atoms with Gasteiger partial charge in [0.1, 0.15) is 0 Å². The van der Waals surface area contributed by atoms with Gasteiger partial charge < -0.3 is 20.6 Å². The molecule has 0 aliphatic carbocycles. The van der Waals surface area contributed by atoms with Crippen molar-refractivity contribution in [2.45, 2.75) is 12.8 Å². The molecular formula is C28H28N6O2. The van der Waals surface area contributed by atoms with E-state index in [0.29, 0.717) is 25.2 Å². The van der Waals surface area contributed by atoms with Gasteiger partial charge in [0.2, 0.25) is 6.41 Å². The Morgan fingerprint density at radius 2 is 1.36 bits per heavy atom. The number of amides is 3. The first-order chi connectivity index (χ1) is 17.7. The molecule has 2 aromatic heterocycles. The maximum absolute atomic E-state index is 12.3. The molecule has 3 aromatic carbocycles. The van der Waals surface area contributed by atoms with Crippen LogP contribution in [0.4, 0.5) is 16.2 Å². The van der Waals surface area contributed by atoms with Crippen LogP contribution < -0.4 is 16.1 Å². The fraction of sp³-hybridized carbons (Fsp3) is 0.143. The lowest BCUT2D eigenvalue weighted by molar-refractivity contribution is -0.117. The molecule has 0 saturated carbocycles. The topological polar surface area (TPSA) is 105 Å². The number of para-hydroxylation sites is 2. The number of benzene rings is 3. The van der Waals surface area contributed by atoms with Crippen LogP contribution in [0, 0.1) is 0 Å². The fourth-order valence-corrected chi connectivity index (χ4v) is 4.33. The number of carbonyl (C=O) groups is 2. The Labute approximate surface area is 208 Å². The van der Waals surface area contributed by atoms with Crippen LogP contribution in [-0.2, 0) is 17.6 Å². The molecular weight excluding hydrogens is 452 g/mol. The average molecular weight is 481 g/mol. The molecule has 0 unspecified atom stereocenters. The zero-order valence-corrected chi connectivity index (χ0v) is 19.8. The minimum Gasteiger partial charge on any atom is -0.361 e. The Morgan fingerprint density at radius 1 is 0.778 bits per heavy atom. The molecule has 0 radical (unpaired) electrons. The zero-order chi connectivity index (χ0) is 24.7. The lowest BCUT2D eigenvalue weighted by Crippen LogP contribution is -2.31. The Kier molecular flexibility index (Phi) is 6.84. The van der Waals surface area contributed by atoms with E-state index in [1.165, 1.54) is 21.3 Å². The third-order valence-corrected chi connectivity index (χ3v) is 6.19. The number of hydrogen-bond acceptors (Lipinski definition) is 3. The van der Waals surface area contributed by atoms with Crippen molar-refractivity contribution in [1.82, 2.24) is 20.3 Å². The van der Waals surface area contributed by atoms with Crippen LogP contribution in [0.3, 0.4) is 0 Å². The first-order valence-electron chi connectivity index (χ1n) is 11.9. The van der Waals surface area contributed by atoms with Crippen molar-refractivity contribution < 1.29 is 9.59 Å². The van der Waals surface area contributed by atoms with Crippen molar-refractivity contribution in [1.29, 1.82) is 0 Å². The molecule has 0 aliphatic heterocycles. The quantitative estimate of drug-likeness (QED) is 0.143. The van der Waals surface area contributed by atoms with Gasteiger partial charge in [0.25, 0.3) is 0 Å². The number of fused-ring (bicyclic) bond motifs is 2. The first-order valence-corrected chi connectivity index (χ1v) is 11.9. The Morgan fingerprint density at radius 3 is 2.00 bits per heavy atom. The predicted molar refractivity (Wildman–Crippen MR) is 144 cm³/mol. The molecule has 0 aliphatic rings. The summed E-state index contributed by atoms with van der Waals surface area (Å²) in [6, 6.07) is 23.2. The molecule has 2 heterocycles. The first kappa shape index (κ1) is 23.0. The molecule has 36 heavy (non-hydrogen) atoms. The van der Waals surface area contributed by atoms with Crippen molar-refractivity contribution in [2.75, 3.05) is 23.8 Å². The van der Waals surface area contributed by atoms with Crippen LogP contribution >= 0.6 is 0 Å². The molecule has 5 N–H and O–H groups in total. The van der Waals surface area contributed by atoms with Crippen molar-refractivity contribution >= 4 is 45.6 Å². The van der Waals surface area contributed by atoms with Gasteiger partial charge in [0.15, 0.2) is 0 Å². The molecule has 8 heteroatoms.